The second-order valence-corrected chi connectivity index (χ2v) is 6.83. The summed E-state index contributed by atoms with van der Waals surface area (Å²) >= 11 is 1.74. The molecule has 6 nitrogen and oxygen atoms in total. The number of carbonyl (C=O) groups is 1. The first kappa shape index (κ1) is 16.0. The summed E-state index contributed by atoms with van der Waals surface area (Å²) in [5, 5.41) is 4.56. The van der Waals surface area contributed by atoms with Gasteiger partial charge in [0.05, 0.1) is 5.39 Å². The number of fused-ring (bicyclic) bond motifs is 1. The smallest absolute Gasteiger partial charge is 0.228 e. The second-order valence-electron chi connectivity index (χ2n) is 5.71. The summed E-state index contributed by atoms with van der Waals surface area (Å²) in [6, 6.07) is 2.20. The van der Waals surface area contributed by atoms with Gasteiger partial charge in [-0.2, -0.15) is 4.98 Å². The lowest BCUT2D eigenvalue weighted by Crippen LogP contribution is -2.46. The Morgan fingerprint density at radius 2 is 2.04 bits per heavy atom. The monoisotopic (exact) mass is 333 g/mol. The molecule has 0 unspecified atom stereocenters. The summed E-state index contributed by atoms with van der Waals surface area (Å²) < 4.78 is 0. The van der Waals surface area contributed by atoms with Crippen LogP contribution in [0.15, 0.2) is 6.07 Å². The van der Waals surface area contributed by atoms with E-state index < -0.39 is 0 Å². The van der Waals surface area contributed by atoms with Crippen LogP contribution >= 0.6 is 11.3 Å². The molecule has 1 N–H and O–H groups in total. The average Bonchev–Trinajstić information content (AvgIpc) is 3.03. The second kappa shape index (κ2) is 7.12. The number of carbonyl (C=O) groups excluding carboxylic acids is 1. The van der Waals surface area contributed by atoms with Crippen molar-refractivity contribution in [2.24, 2.45) is 0 Å². The molecule has 3 rings (SSSR count). The molecule has 0 spiro atoms. The number of hydrogen-bond acceptors (Lipinski definition) is 6. The molecule has 0 aliphatic carbocycles. The SMILES string of the molecule is CCCNc1nc(N2CCN(C=O)CC2)nc2sc(CC)cc12. The zero-order valence-corrected chi connectivity index (χ0v) is 14.5. The Kier molecular flexibility index (Phi) is 4.95. The van der Waals surface area contributed by atoms with Gasteiger partial charge in [0.25, 0.3) is 0 Å². The highest BCUT2D eigenvalue weighted by Gasteiger charge is 2.20. The van der Waals surface area contributed by atoms with Gasteiger partial charge in [0, 0.05) is 37.6 Å². The van der Waals surface area contributed by atoms with Crippen LogP contribution in [0, 0.1) is 0 Å². The van der Waals surface area contributed by atoms with Gasteiger partial charge in [-0.25, -0.2) is 4.98 Å². The van der Waals surface area contributed by atoms with Crippen molar-refractivity contribution in [3.05, 3.63) is 10.9 Å². The molecule has 0 saturated carbocycles. The Morgan fingerprint density at radius 3 is 2.70 bits per heavy atom. The predicted octanol–water partition coefficient (Wildman–Crippen LogP) is 2.35. The first-order chi connectivity index (χ1) is 11.2. The Balaban J connectivity index is 1.92. The number of piperazine rings is 1. The summed E-state index contributed by atoms with van der Waals surface area (Å²) in [6.45, 7) is 8.24. The van der Waals surface area contributed by atoms with Gasteiger partial charge in [-0.1, -0.05) is 13.8 Å². The molecule has 124 valence electrons. The van der Waals surface area contributed by atoms with E-state index in [9.17, 15) is 4.79 Å². The molecule has 1 fully saturated rings. The minimum Gasteiger partial charge on any atom is -0.369 e. The molecule has 0 radical (unpaired) electrons. The maximum atomic E-state index is 10.9. The van der Waals surface area contributed by atoms with Gasteiger partial charge < -0.3 is 15.1 Å². The van der Waals surface area contributed by atoms with Crippen molar-refractivity contribution in [1.29, 1.82) is 0 Å². The van der Waals surface area contributed by atoms with Crippen molar-refractivity contribution in [2.75, 3.05) is 42.9 Å². The first-order valence-electron chi connectivity index (χ1n) is 8.23. The van der Waals surface area contributed by atoms with E-state index in [4.69, 9.17) is 9.97 Å². The van der Waals surface area contributed by atoms with Gasteiger partial charge in [-0.3, -0.25) is 4.79 Å². The van der Waals surface area contributed by atoms with Crippen molar-refractivity contribution in [3.63, 3.8) is 0 Å². The van der Waals surface area contributed by atoms with Gasteiger partial charge in [0.2, 0.25) is 12.4 Å². The number of aromatic nitrogens is 2. The van der Waals surface area contributed by atoms with Crippen LogP contribution in [0.4, 0.5) is 11.8 Å². The summed E-state index contributed by atoms with van der Waals surface area (Å²) in [6.07, 6.45) is 2.99. The molecular weight excluding hydrogens is 310 g/mol. The zero-order chi connectivity index (χ0) is 16.2. The normalized spacial score (nSPS) is 15.2. The van der Waals surface area contributed by atoms with E-state index in [1.165, 1.54) is 4.88 Å². The molecular formula is C16H23N5OS. The fourth-order valence-electron chi connectivity index (χ4n) is 2.68. The molecule has 1 aliphatic heterocycles. The van der Waals surface area contributed by atoms with Crippen LogP contribution in [0.2, 0.25) is 0 Å². The Hall–Kier alpha value is -1.89. The zero-order valence-electron chi connectivity index (χ0n) is 13.7. The van der Waals surface area contributed by atoms with E-state index in [0.717, 1.165) is 74.0 Å². The molecule has 0 atom stereocenters. The third-order valence-electron chi connectivity index (χ3n) is 4.07. The molecule has 23 heavy (non-hydrogen) atoms. The van der Waals surface area contributed by atoms with E-state index in [1.54, 1.807) is 16.2 Å². The largest absolute Gasteiger partial charge is 0.369 e. The van der Waals surface area contributed by atoms with Gasteiger partial charge in [-0.05, 0) is 18.9 Å². The third-order valence-corrected chi connectivity index (χ3v) is 5.24. The molecule has 1 amide bonds. The Morgan fingerprint density at radius 1 is 1.26 bits per heavy atom. The molecule has 0 aromatic carbocycles. The highest BCUT2D eigenvalue weighted by atomic mass is 32.1. The lowest BCUT2D eigenvalue weighted by atomic mass is 10.3. The average molecular weight is 333 g/mol. The predicted molar refractivity (Wildman–Crippen MR) is 95.4 cm³/mol. The summed E-state index contributed by atoms with van der Waals surface area (Å²) in [4.78, 5) is 26.7. The molecule has 2 aromatic rings. The summed E-state index contributed by atoms with van der Waals surface area (Å²) in [5.74, 6) is 1.70. The molecule has 1 saturated heterocycles. The Labute approximate surface area is 140 Å². The minimum absolute atomic E-state index is 0.729. The number of nitrogens with zero attached hydrogens (tertiary/aromatic N) is 4. The number of amides is 1. The molecule has 3 heterocycles. The Bertz CT molecular complexity index is 678. The third kappa shape index (κ3) is 3.39. The summed E-state index contributed by atoms with van der Waals surface area (Å²) in [7, 11) is 0. The van der Waals surface area contributed by atoms with Crippen LogP contribution in [0.3, 0.4) is 0 Å². The number of nitrogens with one attached hydrogen (secondary N) is 1. The molecule has 7 heteroatoms. The molecule has 2 aromatic heterocycles. The fraction of sp³-hybridized carbons (Fsp3) is 0.562. The highest BCUT2D eigenvalue weighted by Crippen LogP contribution is 2.31. The van der Waals surface area contributed by atoms with Gasteiger partial charge in [0.1, 0.15) is 10.6 Å². The molecule has 0 bridgehead atoms. The minimum atomic E-state index is 0.729. The lowest BCUT2D eigenvalue weighted by Gasteiger charge is -2.32. The van der Waals surface area contributed by atoms with Crippen LogP contribution in [0.25, 0.3) is 10.2 Å². The van der Waals surface area contributed by atoms with Crippen molar-refractivity contribution in [1.82, 2.24) is 14.9 Å². The van der Waals surface area contributed by atoms with Crippen LogP contribution < -0.4 is 10.2 Å². The topological polar surface area (TPSA) is 61.4 Å². The van der Waals surface area contributed by atoms with Crippen LogP contribution in [0.5, 0.6) is 0 Å². The van der Waals surface area contributed by atoms with Crippen LogP contribution in [-0.2, 0) is 11.2 Å². The highest BCUT2D eigenvalue weighted by molar-refractivity contribution is 7.18. The number of aryl methyl sites for hydroxylation is 1. The van der Waals surface area contributed by atoms with Gasteiger partial charge >= 0.3 is 0 Å². The van der Waals surface area contributed by atoms with Gasteiger partial charge in [-0.15, -0.1) is 11.3 Å². The standard InChI is InChI=1S/C16H23N5OS/c1-3-5-17-14-13-10-12(4-2)23-15(13)19-16(18-14)21-8-6-20(11-22)7-9-21/h10-11H,3-9H2,1-2H3,(H,17,18,19). The van der Waals surface area contributed by atoms with E-state index in [1.807, 2.05) is 0 Å². The first-order valence-corrected chi connectivity index (χ1v) is 9.05. The fourth-order valence-corrected chi connectivity index (χ4v) is 3.64. The van der Waals surface area contributed by atoms with E-state index in [2.05, 4.69) is 30.1 Å². The van der Waals surface area contributed by atoms with Crippen LogP contribution in [0.1, 0.15) is 25.1 Å². The number of rotatable bonds is 6. The summed E-state index contributed by atoms with van der Waals surface area (Å²) in [5.41, 5.74) is 0. The van der Waals surface area contributed by atoms with Gasteiger partial charge in [0.15, 0.2) is 0 Å². The van der Waals surface area contributed by atoms with E-state index in [0.29, 0.717) is 0 Å². The number of thiophene rings is 1. The quantitative estimate of drug-likeness (QED) is 0.822. The maximum absolute atomic E-state index is 10.9. The van der Waals surface area contributed by atoms with Crippen molar-refractivity contribution in [2.45, 2.75) is 26.7 Å². The van der Waals surface area contributed by atoms with E-state index in [-0.39, 0.29) is 0 Å². The van der Waals surface area contributed by atoms with Crippen molar-refractivity contribution < 1.29 is 4.79 Å². The number of hydrogen-bond donors (Lipinski definition) is 1. The lowest BCUT2D eigenvalue weighted by molar-refractivity contribution is -0.118. The number of anilines is 2. The molecule has 1 aliphatic rings. The maximum Gasteiger partial charge on any atom is 0.228 e. The van der Waals surface area contributed by atoms with Crippen molar-refractivity contribution in [3.8, 4) is 0 Å². The van der Waals surface area contributed by atoms with E-state index >= 15 is 0 Å². The van der Waals surface area contributed by atoms with Crippen molar-refractivity contribution >= 4 is 39.7 Å². The van der Waals surface area contributed by atoms with Crippen LogP contribution in [-0.4, -0.2) is 54.0 Å².